The molecule has 1 rings (SSSR count). The first-order chi connectivity index (χ1) is 9.53. The van der Waals surface area contributed by atoms with Gasteiger partial charge in [-0.25, -0.2) is 4.98 Å². The van der Waals surface area contributed by atoms with Gasteiger partial charge in [0.15, 0.2) is 5.78 Å². The van der Waals surface area contributed by atoms with Crippen molar-refractivity contribution in [2.75, 3.05) is 13.1 Å². The third kappa shape index (κ3) is 3.48. The normalized spacial score (nSPS) is 14.5. The fourth-order valence-corrected chi connectivity index (χ4v) is 2.80. The van der Waals surface area contributed by atoms with Crippen molar-refractivity contribution in [1.82, 2.24) is 14.5 Å². The Morgan fingerprint density at radius 1 is 1.30 bits per heavy atom. The van der Waals surface area contributed by atoms with Gasteiger partial charge in [0.05, 0.1) is 12.0 Å². The minimum absolute atomic E-state index is 0.271. The lowest BCUT2D eigenvalue weighted by molar-refractivity contribution is -0.130. The molecule has 0 aliphatic carbocycles. The third-order valence-corrected chi connectivity index (χ3v) is 4.34. The quantitative estimate of drug-likeness (QED) is 0.697. The fourth-order valence-electron chi connectivity index (χ4n) is 2.80. The lowest BCUT2D eigenvalue weighted by Gasteiger charge is -2.38. The molecule has 0 aliphatic heterocycles. The van der Waals surface area contributed by atoms with E-state index < -0.39 is 0 Å². The summed E-state index contributed by atoms with van der Waals surface area (Å²) in [5.41, 5.74) is -0.382. The van der Waals surface area contributed by atoms with Crippen LogP contribution in [-0.4, -0.2) is 38.9 Å². The number of nitrogens with zero attached hydrogens (tertiary/aromatic N) is 3. The number of rotatable bonds is 9. The second-order valence-corrected chi connectivity index (χ2v) is 5.44. The molecule has 4 nitrogen and oxygen atoms in total. The summed E-state index contributed by atoms with van der Waals surface area (Å²) in [5, 5.41) is 0. The van der Waals surface area contributed by atoms with Crippen molar-refractivity contribution < 1.29 is 4.79 Å². The number of carbonyl (C=O) groups excluding carboxylic acids is 1. The molecule has 1 aromatic rings. The molecular formula is C16H29N3O. The summed E-state index contributed by atoms with van der Waals surface area (Å²) in [7, 11) is 0. The maximum absolute atomic E-state index is 12.8. The first kappa shape index (κ1) is 16.9. The Kier molecular flexibility index (Phi) is 6.40. The van der Waals surface area contributed by atoms with Gasteiger partial charge in [-0.2, -0.15) is 0 Å². The lowest BCUT2D eigenvalue weighted by atomic mass is 9.88. The van der Waals surface area contributed by atoms with Crippen LogP contribution >= 0.6 is 0 Å². The third-order valence-electron chi connectivity index (χ3n) is 4.34. The Hall–Kier alpha value is -1.16. The zero-order valence-electron chi connectivity index (χ0n) is 13.6. The van der Waals surface area contributed by atoms with E-state index in [1.165, 1.54) is 0 Å². The largest absolute Gasteiger partial charge is 0.335 e. The van der Waals surface area contributed by atoms with E-state index in [9.17, 15) is 4.79 Å². The van der Waals surface area contributed by atoms with E-state index in [4.69, 9.17) is 0 Å². The van der Waals surface area contributed by atoms with Crippen LogP contribution < -0.4 is 0 Å². The lowest BCUT2D eigenvalue weighted by Crippen LogP contribution is -2.52. The molecule has 0 amide bonds. The van der Waals surface area contributed by atoms with Crippen LogP contribution in [0.5, 0.6) is 0 Å². The van der Waals surface area contributed by atoms with Gasteiger partial charge >= 0.3 is 0 Å². The predicted molar refractivity (Wildman–Crippen MR) is 82.8 cm³/mol. The highest BCUT2D eigenvalue weighted by molar-refractivity contribution is 5.89. The van der Waals surface area contributed by atoms with Crippen molar-refractivity contribution in [3.8, 4) is 0 Å². The van der Waals surface area contributed by atoms with Gasteiger partial charge in [-0.1, -0.05) is 27.7 Å². The fraction of sp³-hybridized carbons (Fsp3) is 0.750. The minimum Gasteiger partial charge on any atom is -0.335 e. The number of hydrogen-bond acceptors (Lipinski definition) is 3. The molecule has 0 aromatic carbocycles. The monoisotopic (exact) mass is 279 g/mol. The molecule has 1 aromatic heterocycles. The summed E-state index contributed by atoms with van der Waals surface area (Å²) in [5.74, 6) is 1.16. The van der Waals surface area contributed by atoms with Crippen LogP contribution in [0.15, 0.2) is 12.4 Å². The zero-order chi connectivity index (χ0) is 15.2. The minimum atomic E-state index is -0.382. The second-order valence-electron chi connectivity index (χ2n) is 5.44. The number of carbonyl (C=O) groups is 1. The smallest absolute Gasteiger partial charge is 0.160 e. The van der Waals surface area contributed by atoms with E-state index in [0.29, 0.717) is 6.42 Å². The maximum Gasteiger partial charge on any atom is 0.160 e. The van der Waals surface area contributed by atoms with E-state index in [1.54, 1.807) is 6.20 Å². The van der Waals surface area contributed by atoms with E-state index in [2.05, 4.69) is 49.1 Å². The molecule has 0 saturated heterocycles. The van der Waals surface area contributed by atoms with Gasteiger partial charge in [-0.3, -0.25) is 9.69 Å². The van der Waals surface area contributed by atoms with E-state index in [0.717, 1.165) is 38.3 Å². The van der Waals surface area contributed by atoms with Crippen molar-refractivity contribution in [3.05, 3.63) is 18.2 Å². The number of Topliss-reactive ketones (excluding diaryl/α,β-unsaturated/α-hetero) is 1. The number of aromatic nitrogens is 2. The number of hydrogen-bond donors (Lipinski definition) is 0. The Morgan fingerprint density at radius 2 is 1.95 bits per heavy atom. The average Bonchev–Trinajstić information content (AvgIpc) is 2.87. The summed E-state index contributed by atoms with van der Waals surface area (Å²) in [6, 6.07) is 0. The summed E-state index contributed by atoms with van der Waals surface area (Å²) >= 11 is 0. The van der Waals surface area contributed by atoms with Gasteiger partial charge in [0.25, 0.3) is 0 Å². The van der Waals surface area contributed by atoms with Crippen LogP contribution in [0, 0.1) is 0 Å². The molecule has 1 unspecified atom stereocenters. The molecule has 0 radical (unpaired) electrons. The number of ketones is 1. The van der Waals surface area contributed by atoms with Crippen LogP contribution in [0.2, 0.25) is 0 Å². The topological polar surface area (TPSA) is 38.1 Å². The average molecular weight is 279 g/mol. The van der Waals surface area contributed by atoms with Gasteiger partial charge in [0.1, 0.15) is 5.82 Å². The zero-order valence-corrected chi connectivity index (χ0v) is 13.6. The summed E-state index contributed by atoms with van der Waals surface area (Å²) < 4.78 is 2.09. The molecule has 114 valence electrons. The first-order valence-electron chi connectivity index (χ1n) is 7.81. The predicted octanol–water partition coefficient (Wildman–Crippen LogP) is 2.92. The summed E-state index contributed by atoms with van der Waals surface area (Å²) in [4.78, 5) is 19.4. The van der Waals surface area contributed by atoms with Crippen LogP contribution in [0.3, 0.4) is 0 Å². The highest BCUT2D eigenvalue weighted by Gasteiger charge is 2.36. The first-order valence-corrected chi connectivity index (χ1v) is 7.81. The van der Waals surface area contributed by atoms with Crippen LogP contribution in [-0.2, 0) is 17.8 Å². The molecule has 1 atom stereocenters. The molecule has 1 heterocycles. The Balaban J connectivity index is 2.89. The maximum atomic E-state index is 12.8. The molecule has 20 heavy (non-hydrogen) atoms. The molecule has 0 N–H and O–H groups in total. The standard InChI is InChI=1S/C16H29N3O/c1-6-11-18-12-10-17-15(18)13-14(20)16(5,7-2)19(8-3)9-4/h10,12H,6-9,11,13H2,1-5H3. The molecule has 0 spiro atoms. The molecular weight excluding hydrogens is 250 g/mol. The molecule has 0 bridgehead atoms. The van der Waals surface area contributed by atoms with Crippen molar-refractivity contribution in [2.45, 2.75) is 66.0 Å². The van der Waals surface area contributed by atoms with Gasteiger partial charge in [-0.15, -0.1) is 0 Å². The van der Waals surface area contributed by atoms with Crippen LogP contribution in [0.25, 0.3) is 0 Å². The highest BCUT2D eigenvalue weighted by Crippen LogP contribution is 2.22. The van der Waals surface area contributed by atoms with Crippen LogP contribution in [0.4, 0.5) is 0 Å². The van der Waals surface area contributed by atoms with E-state index >= 15 is 0 Å². The van der Waals surface area contributed by atoms with E-state index in [-0.39, 0.29) is 11.3 Å². The van der Waals surface area contributed by atoms with Gasteiger partial charge in [0.2, 0.25) is 0 Å². The molecule has 4 heteroatoms. The second kappa shape index (κ2) is 7.58. The van der Waals surface area contributed by atoms with E-state index in [1.807, 2.05) is 6.20 Å². The van der Waals surface area contributed by atoms with Crippen molar-refractivity contribution in [1.29, 1.82) is 0 Å². The number of aryl methyl sites for hydroxylation is 1. The SMILES string of the molecule is CCCn1ccnc1CC(=O)C(C)(CC)N(CC)CC. The highest BCUT2D eigenvalue weighted by atomic mass is 16.1. The Morgan fingerprint density at radius 3 is 2.45 bits per heavy atom. The van der Waals surface area contributed by atoms with Crippen molar-refractivity contribution >= 4 is 5.78 Å². The van der Waals surface area contributed by atoms with Gasteiger partial charge < -0.3 is 4.57 Å². The van der Waals surface area contributed by atoms with Crippen molar-refractivity contribution in [2.24, 2.45) is 0 Å². The number of likely N-dealkylation sites (N-methyl/N-ethyl adjacent to an activating group) is 1. The molecule has 0 fully saturated rings. The Labute approximate surface area is 123 Å². The summed E-state index contributed by atoms with van der Waals surface area (Å²) in [6.45, 7) is 13.2. The van der Waals surface area contributed by atoms with Crippen molar-refractivity contribution in [3.63, 3.8) is 0 Å². The summed E-state index contributed by atoms with van der Waals surface area (Å²) in [6.07, 6.45) is 6.07. The van der Waals surface area contributed by atoms with Gasteiger partial charge in [0, 0.05) is 18.9 Å². The van der Waals surface area contributed by atoms with Crippen LogP contribution in [0.1, 0.15) is 53.3 Å². The molecule has 0 aliphatic rings. The number of imidazole rings is 1. The van der Waals surface area contributed by atoms with Gasteiger partial charge in [-0.05, 0) is 32.9 Å². The molecule has 0 saturated carbocycles. The Bertz CT molecular complexity index is 423.